The molecule has 2 amide bonds. The number of carbonyl (C=O) groups is 4. The Kier molecular flexibility index (Phi) is 35.1. The van der Waals surface area contributed by atoms with Gasteiger partial charge < -0.3 is 34.6 Å². The molecule has 61 heavy (non-hydrogen) atoms. The smallest absolute Gasteiger partial charge is 0.343 e. The van der Waals surface area contributed by atoms with Crippen LogP contribution in [0.5, 0.6) is 17.2 Å². The first kappa shape index (κ1) is 57.4. The Balaban J connectivity index is 0. The van der Waals surface area contributed by atoms with Gasteiger partial charge in [0.25, 0.3) is 5.91 Å². The summed E-state index contributed by atoms with van der Waals surface area (Å²) in [6.07, 6.45) is 8.62. The number of esters is 1. The molecule has 0 spiro atoms. The van der Waals surface area contributed by atoms with Crippen molar-refractivity contribution in [2.75, 3.05) is 32.7 Å². The summed E-state index contributed by atoms with van der Waals surface area (Å²) in [5.41, 5.74) is 2.62. The molecular formula is C50H74N2O9. The van der Waals surface area contributed by atoms with Crippen molar-refractivity contribution in [1.82, 2.24) is 4.90 Å². The molecule has 0 unspecified atom stereocenters. The third kappa shape index (κ3) is 24.2. The molecular weight excluding hydrogens is 773 g/mol. The summed E-state index contributed by atoms with van der Waals surface area (Å²) in [6.45, 7) is 18.3. The molecule has 0 saturated heterocycles. The zero-order valence-corrected chi connectivity index (χ0v) is 38.7. The zero-order chi connectivity index (χ0) is 46.4. The van der Waals surface area contributed by atoms with Gasteiger partial charge >= 0.3 is 11.9 Å². The van der Waals surface area contributed by atoms with E-state index in [4.69, 9.17) is 19.3 Å². The topological polar surface area (TPSA) is 152 Å². The van der Waals surface area contributed by atoms with Crippen molar-refractivity contribution < 1.29 is 43.6 Å². The number of ether oxygens (including phenoxy) is 3. The predicted octanol–water partition coefficient (Wildman–Crippen LogP) is 11.7. The number of aliphatic hydroxyl groups is 1. The summed E-state index contributed by atoms with van der Waals surface area (Å²) in [5.74, 6) is -0.687. The van der Waals surface area contributed by atoms with E-state index in [1.165, 1.54) is 49.1 Å². The summed E-state index contributed by atoms with van der Waals surface area (Å²) < 4.78 is 16.5. The molecule has 0 saturated carbocycles. The number of methoxy groups -OCH3 is 1. The SMILES string of the molecule is CC.CC.CC.CC.CCCCCCCCCOc1ccc(C(=O)Oc2ccc(CN(CC(=O)O)C(=O)c3ccc(NC(=O)Cc4ccc(OC)cc4)cc3)cc2)cc1.CO. The minimum atomic E-state index is -1.16. The number of nitrogens with one attached hydrogen (secondary N) is 1. The van der Waals surface area contributed by atoms with Gasteiger partial charge in [0.1, 0.15) is 23.8 Å². The number of amides is 2. The average molecular weight is 847 g/mol. The number of hydrogen-bond acceptors (Lipinski definition) is 8. The second kappa shape index (κ2) is 37.3. The summed E-state index contributed by atoms with van der Waals surface area (Å²) in [4.78, 5) is 51.4. The number of carbonyl (C=O) groups excluding carboxylic acids is 3. The van der Waals surface area contributed by atoms with Crippen molar-refractivity contribution in [3.63, 3.8) is 0 Å². The molecule has 4 rings (SSSR count). The van der Waals surface area contributed by atoms with Crippen LogP contribution in [0.15, 0.2) is 97.1 Å². The van der Waals surface area contributed by atoms with E-state index in [1.54, 1.807) is 79.9 Å². The fourth-order valence-electron chi connectivity index (χ4n) is 5.36. The van der Waals surface area contributed by atoms with Crippen molar-refractivity contribution >= 4 is 29.4 Å². The Morgan fingerprint density at radius 2 is 1.07 bits per heavy atom. The Hall–Kier alpha value is -5.68. The lowest BCUT2D eigenvalue weighted by atomic mass is 10.1. The molecule has 11 nitrogen and oxygen atoms in total. The highest BCUT2D eigenvalue weighted by molar-refractivity contribution is 5.97. The van der Waals surface area contributed by atoms with E-state index in [0.717, 1.165) is 25.5 Å². The van der Waals surface area contributed by atoms with Crippen LogP contribution in [0.3, 0.4) is 0 Å². The third-order valence-corrected chi connectivity index (χ3v) is 8.17. The highest BCUT2D eigenvalue weighted by atomic mass is 16.5. The number of rotatable bonds is 20. The Bertz CT molecular complexity index is 1710. The minimum absolute atomic E-state index is 0.0139. The fraction of sp³-hybridized carbons (Fsp3) is 0.440. The van der Waals surface area contributed by atoms with Gasteiger partial charge in [-0.2, -0.15) is 0 Å². The van der Waals surface area contributed by atoms with E-state index >= 15 is 0 Å². The maximum atomic E-state index is 13.3. The van der Waals surface area contributed by atoms with Crippen LogP contribution in [0.2, 0.25) is 0 Å². The predicted molar refractivity (Wildman–Crippen MR) is 249 cm³/mol. The number of nitrogens with zero attached hydrogens (tertiary/aromatic N) is 1. The van der Waals surface area contributed by atoms with Crippen LogP contribution in [0.4, 0.5) is 5.69 Å². The fourth-order valence-corrected chi connectivity index (χ4v) is 5.36. The highest BCUT2D eigenvalue weighted by Crippen LogP contribution is 2.20. The average Bonchev–Trinajstić information content (AvgIpc) is 3.31. The van der Waals surface area contributed by atoms with Crippen molar-refractivity contribution in [2.45, 2.75) is 120 Å². The molecule has 3 N–H and O–H groups in total. The van der Waals surface area contributed by atoms with E-state index in [0.29, 0.717) is 40.7 Å². The lowest BCUT2D eigenvalue weighted by Crippen LogP contribution is -2.35. The largest absolute Gasteiger partial charge is 0.497 e. The van der Waals surface area contributed by atoms with E-state index in [1.807, 2.05) is 67.5 Å². The summed E-state index contributed by atoms with van der Waals surface area (Å²) >= 11 is 0. The van der Waals surface area contributed by atoms with Crippen molar-refractivity contribution in [3.05, 3.63) is 119 Å². The van der Waals surface area contributed by atoms with Crippen LogP contribution in [-0.2, 0) is 22.6 Å². The zero-order valence-electron chi connectivity index (χ0n) is 38.7. The van der Waals surface area contributed by atoms with Gasteiger partial charge in [0.2, 0.25) is 5.91 Å². The van der Waals surface area contributed by atoms with Crippen molar-refractivity contribution in [1.29, 1.82) is 0 Å². The van der Waals surface area contributed by atoms with Crippen LogP contribution in [0, 0.1) is 0 Å². The summed E-state index contributed by atoms with van der Waals surface area (Å²) in [6, 6.07) is 26.8. The minimum Gasteiger partial charge on any atom is -0.497 e. The molecule has 0 aliphatic rings. The van der Waals surface area contributed by atoms with E-state index < -0.39 is 24.4 Å². The van der Waals surface area contributed by atoms with Gasteiger partial charge in [-0.1, -0.05) is 125 Å². The van der Waals surface area contributed by atoms with Gasteiger partial charge in [0.05, 0.1) is 25.7 Å². The van der Waals surface area contributed by atoms with Gasteiger partial charge in [-0.05, 0) is 90.3 Å². The van der Waals surface area contributed by atoms with E-state index in [2.05, 4.69) is 12.2 Å². The molecule has 0 aromatic heterocycles. The van der Waals surface area contributed by atoms with Gasteiger partial charge in [-0.3, -0.25) is 14.4 Å². The maximum Gasteiger partial charge on any atom is 0.343 e. The molecule has 0 atom stereocenters. The molecule has 0 fully saturated rings. The molecule has 0 heterocycles. The Morgan fingerprint density at radius 1 is 0.590 bits per heavy atom. The number of benzene rings is 4. The van der Waals surface area contributed by atoms with Gasteiger partial charge in [-0.25, -0.2) is 4.79 Å². The van der Waals surface area contributed by atoms with Crippen molar-refractivity contribution in [2.24, 2.45) is 0 Å². The number of aliphatic hydroxyl groups excluding tert-OH is 1. The third-order valence-electron chi connectivity index (χ3n) is 8.17. The lowest BCUT2D eigenvalue weighted by molar-refractivity contribution is -0.137. The van der Waals surface area contributed by atoms with Gasteiger partial charge in [0, 0.05) is 24.9 Å². The first-order valence-corrected chi connectivity index (χ1v) is 21.8. The monoisotopic (exact) mass is 847 g/mol. The second-order valence-electron chi connectivity index (χ2n) is 12.2. The molecule has 0 aliphatic carbocycles. The molecule has 11 heteroatoms. The first-order valence-electron chi connectivity index (χ1n) is 21.8. The van der Waals surface area contributed by atoms with Crippen LogP contribution >= 0.6 is 0 Å². The number of aliphatic carboxylic acids is 1. The molecule has 0 bridgehead atoms. The molecule has 4 aromatic carbocycles. The first-order chi connectivity index (χ1) is 29.7. The number of anilines is 1. The maximum absolute atomic E-state index is 13.3. The quantitative estimate of drug-likeness (QED) is 0.0448. The lowest BCUT2D eigenvalue weighted by Gasteiger charge is -2.21. The van der Waals surface area contributed by atoms with Gasteiger partial charge in [0.15, 0.2) is 0 Å². The standard InChI is InChI=1S/C41H46N2O8.4C2H6.CH4O/c1-3-4-5-6-7-8-9-26-50-36-24-16-33(17-25-36)41(48)51-37-22-12-31(13-23-37)28-43(29-39(45)46)40(47)32-14-18-34(19-15-32)42-38(44)27-30-10-20-35(49-2)21-11-30;5*1-2/h10-25H,3-9,26-29H2,1-2H3,(H,42,44)(H,45,46);4*1-2H3;2H,1H3. The Morgan fingerprint density at radius 3 is 1.59 bits per heavy atom. The highest BCUT2D eigenvalue weighted by Gasteiger charge is 2.20. The number of carboxylic acid groups (broad SMARTS) is 1. The van der Waals surface area contributed by atoms with E-state index in [9.17, 15) is 24.3 Å². The summed E-state index contributed by atoms with van der Waals surface area (Å²) in [7, 11) is 2.57. The number of unbranched alkanes of at least 4 members (excludes halogenated alkanes) is 6. The molecule has 338 valence electrons. The number of hydrogen-bond donors (Lipinski definition) is 3. The molecule has 0 aliphatic heterocycles. The number of carboxylic acids is 1. The summed E-state index contributed by atoms with van der Waals surface area (Å²) in [5, 5.41) is 19.3. The van der Waals surface area contributed by atoms with Crippen LogP contribution in [-0.4, -0.2) is 66.2 Å². The molecule has 4 aromatic rings. The van der Waals surface area contributed by atoms with Gasteiger partial charge in [-0.15, -0.1) is 0 Å². The van der Waals surface area contributed by atoms with Crippen LogP contribution in [0.25, 0.3) is 0 Å². The van der Waals surface area contributed by atoms with Crippen LogP contribution in [0.1, 0.15) is 139 Å². The van der Waals surface area contributed by atoms with E-state index in [-0.39, 0.29) is 24.4 Å². The van der Waals surface area contributed by atoms with Crippen LogP contribution < -0.4 is 19.5 Å². The molecule has 0 radical (unpaired) electrons. The normalized spacial score (nSPS) is 9.38. The second-order valence-corrected chi connectivity index (χ2v) is 12.2. The Labute approximate surface area is 366 Å². The van der Waals surface area contributed by atoms with Crippen molar-refractivity contribution in [3.8, 4) is 17.2 Å².